The van der Waals surface area contributed by atoms with E-state index < -0.39 is 5.41 Å². The molecule has 0 aromatic heterocycles. The molecule has 3 aliphatic rings. The van der Waals surface area contributed by atoms with Gasteiger partial charge in [-0.15, -0.1) is 0 Å². The number of rotatable bonds is 6. The van der Waals surface area contributed by atoms with Gasteiger partial charge in [-0.3, -0.25) is 19.4 Å². The van der Waals surface area contributed by atoms with Gasteiger partial charge in [0.05, 0.1) is 31.8 Å². The predicted molar refractivity (Wildman–Crippen MR) is 101 cm³/mol. The number of Topliss-reactive ketones (excluding diaryl/α,β-unsaturated/α-hetero) is 1. The Labute approximate surface area is 161 Å². The van der Waals surface area contributed by atoms with E-state index in [9.17, 15) is 9.59 Å². The van der Waals surface area contributed by atoms with Crippen LogP contribution in [0.5, 0.6) is 0 Å². The number of nitrogens with zero attached hydrogens (tertiary/aromatic N) is 2. The number of esters is 1. The molecule has 0 aromatic rings. The first-order valence-electron chi connectivity index (χ1n) is 9.97. The van der Waals surface area contributed by atoms with Gasteiger partial charge in [0.2, 0.25) is 0 Å². The molecule has 0 amide bonds. The average Bonchev–Trinajstić information content (AvgIpc) is 2.66. The lowest BCUT2D eigenvalue weighted by Gasteiger charge is -2.44. The Kier molecular flexibility index (Phi) is 7.03. The molecule has 0 saturated carbocycles. The van der Waals surface area contributed by atoms with Crippen LogP contribution in [-0.2, 0) is 23.8 Å². The van der Waals surface area contributed by atoms with Crippen LogP contribution in [0.1, 0.15) is 26.7 Å². The molecule has 27 heavy (non-hydrogen) atoms. The molecule has 0 radical (unpaired) electrons. The minimum atomic E-state index is -0.455. The van der Waals surface area contributed by atoms with Crippen LogP contribution in [-0.4, -0.2) is 93.9 Å². The summed E-state index contributed by atoms with van der Waals surface area (Å²) in [6.45, 7) is 11.3. The van der Waals surface area contributed by atoms with Crippen molar-refractivity contribution in [2.24, 2.45) is 5.41 Å². The molecular weight excluding hydrogens is 348 g/mol. The molecule has 0 N–H and O–H groups in total. The second-order valence-corrected chi connectivity index (χ2v) is 7.93. The largest absolute Gasteiger partial charge is 0.461 e. The first-order chi connectivity index (χ1) is 13.0. The lowest BCUT2D eigenvalue weighted by molar-refractivity contribution is -0.141. The number of carbonyl (C=O) groups excluding carboxylic acids is 2. The maximum absolute atomic E-state index is 13.7. The van der Waals surface area contributed by atoms with Gasteiger partial charge in [-0.2, -0.15) is 0 Å². The van der Waals surface area contributed by atoms with Crippen LogP contribution in [0.15, 0.2) is 11.1 Å². The number of allylic oxidation sites excluding steroid dienone is 1. The van der Waals surface area contributed by atoms with Crippen molar-refractivity contribution < 1.29 is 23.8 Å². The fraction of sp³-hybridized carbons (Fsp3) is 0.800. The second-order valence-electron chi connectivity index (χ2n) is 7.93. The molecule has 7 heteroatoms. The summed E-state index contributed by atoms with van der Waals surface area (Å²) < 4.78 is 16.2. The van der Waals surface area contributed by atoms with Crippen LogP contribution in [0.25, 0.3) is 0 Å². The summed E-state index contributed by atoms with van der Waals surface area (Å²) in [5.74, 6) is -0.189. The number of hydrogen-bond donors (Lipinski definition) is 0. The van der Waals surface area contributed by atoms with Crippen molar-refractivity contribution in [3.63, 3.8) is 0 Å². The molecule has 3 rings (SSSR count). The molecule has 2 heterocycles. The maximum Gasteiger partial charge on any atom is 0.302 e. The molecule has 2 aliphatic heterocycles. The predicted octanol–water partition coefficient (Wildman–Crippen LogP) is 0.880. The summed E-state index contributed by atoms with van der Waals surface area (Å²) in [4.78, 5) is 29.7. The van der Waals surface area contributed by atoms with Crippen LogP contribution >= 0.6 is 0 Å². The summed E-state index contributed by atoms with van der Waals surface area (Å²) in [7, 11) is 0. The Morgan fingerprint density at radius 2 is 1.56 bits per heavy atom. The molecule has 0 bridgehead atoms. The highest BCUT2D eigenvalue weighted by molar-refractivity contribution is 6.02. The van der Waals surface area contributed by atoms with E-state index in [1.165, 1.54) is 6.92 Å². The summed E-state index contributed by atoms with van der Waals surface area (Å²) >= 11 is 0. The van der Waals surface area contributed by atoms with E-state index in [0.29, 0.717) is 5.57 Å². The number of carbonyl (C=O) groups is 2. The van der Waals surface area contributed by atoms with E-state index in [0.717, 1.165) is 84.1 Å². The van der Waals surface area contributed by atoms with Gasteiger partial charge in [0.25, 0.3) is 0 Å². The van der Waals surface area contributed by atoms with Crippen LogP contribution in [0.4, 0.5) is 0 Å². The van der Waals surface area contributed by atoms with Crippen molar-refractivity contribution >= 4 is 11.8 Å². The van der Waals surface area contributed by atoms with Crippen molar-refractivity contribution in [3.8, 4) is 0 Å². The molecule has 0 aromatic carbocycles. The smallest absolute Gasteiger partial charge is 0.302 e. The lowest BCUT2D eigenvalue weighted by atomic mass is 9.69. The van der Waals surface area contributed by atoms with Gasteiger partial charge in [-0.05, 0) is 19.8 Å². The number of hydrogen-bond acceptors (Lipinski definition) is 7. The Bertz CT molecular complexity index is 557. The SMILES string of the molecule is CC(=O)OCC1=C(C)CCC(CN2CCOCC2)(CN2CCOCC2)C1=O. The van der Waals surface area contributed by atoms with Crippen molar-refractivity contribution in [3.05, 3.63) is 11.1 Å². The van der Waals surface area contributed by atoms with Crippen molar-refractivity contribution in [1.82, 2.24) is 9.80 Å². The number of morpholine rings is 2. The molecular formula is C20H32N2O5. The molecule has 2 saturated heterocycles. The van der Waals surface area contributed by atoms with E-state index in [1.54, 1.807) is 0 Å². The first kappa shape index (κ1) is 20.5. The van der Waals surface area contributed by atoms with Gasteiger partial charge in [0.15, 0.2) is 5.78 Å². The third-order valence-electron chi connectivity index (χ3n) is 5.93. The molecule has 152 valence electrons. The number of ether oxygens (including phenoxy) is 3. The zero-order valence-corrected chi connectivity index (χ0v) is 16.6. The Morgan fingerprint density at radius 1 is 1.04 bits per heavy atom. The van der Waals surface area contributed by atoms with Gasteiger partial charge in [-0.25, -0.2) is 0 Å². The topological polar surface area (TPSA) is 68.3 Å². The molecule has 0 unspecified atom stereocenters. The number of ketones is 1. The first-order valence-corrected chi connectivity index (χ1v) is 9.97. The van der Waals surface area contributed by atoms with E-state index in [4.69, 9.17) is 14.2 Å². The lowest BCUT2D eigenvalue weighted by Crippen LogP contribution is -2.55. The standard InChI is InChI=1S/C20H32N2O5/c1-16-3-4-20(14-21-5-9-25-10-6-21,15-22-7-11-26-12-8-22)19(24)18(16)13-27-17(2)23/h3-15H2,1-2H3. The zero-order chi connectivity index (χ0) is 19.3. The quantitative estimate of drug-likeness (QED) is 0.634. The van der Waals surface area contributed by atoms with Crippen molar-refractivity contribution in [1.29, 1.82) is 0 Å². The van der Waals surface area contributed by atoms with E-state index in [-0.39, 0.29) is 18.4 Å². The monoisotopic (exact) mass is 380 g/mol. The third-order valence-corrected chi connectivity index (χ3v) is 5.93. The fourth-order valence-corrected chi connectivity index (χ4v) is 4.29. The second kappa shape index (κ2) is 9.28. The van der Waals surface area contributed by atoms with Gasteiger partial charge >= 0.3 is 5.97 Å². The highest BCUT2D eigenvalue weighted by Crippen LogP contribution is 2.38. The van der Waals surface area contributed by atoms with Gasteiger partial charge in [-0.1, -0.05) is 5.57 Å². The summed E-state index contributed by atoms with van der Waals surface area (Å²) in [5, 5.41) is 0. The fourth-order valence-electron chi connectivity index (χ4n) is 4.29. The normalized spacial score (nSPS) is 24.9. The average molecular weight is 380 g/mol. The van der Waals surface area contributed by atoms with Crippen LogP contribution in [0, 0.1) is 5.41 Å². The third kappa shape index (κ3) is 5.16. The highest BCUT2D eigenvalue weighted by Gasteiger charge is 2.45. The minimum absolute atomic E-state index is 0.0912. The molecule has 1 aliphatic carbocycles. The molecule has 2 fully saturated rings. The van der Waals surface area contributed by atoms with Crippen molar-refractivity contribution in [2.45, 2.75) is 26.7 Å². The zero-order valence-electron chi connectivity index (χ0n) is 16.6. The molecule has 0 atom stereocenters. The Hall–Kier alpha value is -1.28. The highest BCUT2D eigenvalue weighted by atomic mass is 16.5. The Morgan fingerprint density at radius 3 is 2.04 bits per heavy atom. The van der Waals surface area contributed by atoms with Gasteiger partial charge in [0.1, 0.15) is 6.61 Å². The van der Waals surface area contributed by atoms with E-state index >= 15 is 0 Å². The van der Waals surface area contributed by atoms with E-state index in [1.807, 2.05) is 6.92 Å². The Balaban J connectivity index is 1.81. The van der Waals surface area contributed by atoms with Crippen LogP contribution < -0.4 is 0 Å². The van der Waals surface area contributed by atoms with Gasteiger partial charge in [0, 0.05) is 51.8 Å². The molecule has 0 spiro atoms. The summed E-state index contributed by atoms with van der Waals surface area (Å²) in [6, 6.07) is 0. The van der Waals surface area contributed by atoms with Gasteiger partial charge < -0.3 is 14.2 Å². The summed E-state index contributed by atoms with van der Waals surface area (Å²) in [6.07, 6.45) is 1.72. The maximum atomic E-state index is 13.7. The molecule has 7 nitrogen and oxygen atoms in total. The van der Waals surface area contributed by atoms with Crippen LogP contribution in [0.2, 0.25) is 0 Å². The summed E-state index contributed by atoms with van der Waals surface area (Å²) in [5.41, 5.74) is 1.29. The van der Waals surface area contributed by atoms with Crippen molar-refractivity contribution in [2.75, 3.05) is 72.3 Å². The minimum Gasteiger partial charge on any atom is -0.461 e. The van der Waals surface area contributed by atoms with E-state index in [2.05, 4.69) is 9.80 Å². The van der Waals surface area contributed by atoms with Crippen LogP contribution in [0.3, 0.4) is 0 Å².